The number of hydrogen-bond donors (Lipinski definition) is 4. The van der Waals surface area contributed by atoms with E-state index in [2.05, 4.69) is 15.6 Å². The summed E-state index contributed by atoms with van der Waals surface area (Å²) in [4.78, 5) is 16.2. The highest BCUT2D eigenvalue weighted by Gasteiger charge is 2.12. The minimum absolute atomic E-state index is 0.0246. The first kappa shape index (κ1) is 16.5. The van der Waals surface area contributed by atoms with Gasteiger partial charge in [0.1, 0.15) is 5.84 Å². The van der Waals surface area contributed by atoms with Gasteiger partial charge in [0.25, 0.3) is 0 Å². The predicted molar refractivity (Wildman–Crippen MR) is 91.4 cm³/mol. The lowest BCUT2D eigenvalue weighted by Gasteiger charge is -2.17. The average molecular weight is 311 g/mol. The molecule has 0 saturated carbocycles. The van der Waals surface area contributed by atoms with Gasteiger partial charge in [0.05, 0.1) is 12.6 Å². The van der Waals surface area contributed by atoms with Crippen LogP contribution in [0.15, 0.2) is 48.8 Å². The Labute approximate surface area is 135 Å². The Hall–Kier alpha value is -2.89. The number of pyridine rings is 1. The fraction of sp³-hybridized carbons (Fsp3) is 0.235. The summed E-state index contributed by atoms with van der Waals surface area (Å²) in [6.45, 7) is 2.20. The van der Waals surface area contributed by atoms with E-state index in [0.29, 0.717) is 5.56 Å². The maximum atomic E-state index is 12.1. The predicted octanol–water partition coefficient (Wildman–Crippen LogP) is 2.05. The Morgan fingerprint density at radius 2 is 2.04 bits per heavy atom. The molecule has 0 spiro atoms. The van der Waals surface area contributed by atoms with Gasteiger partial charge in [0.15, 0.2) is 0 Å². The number of nitrogens with one attached hydrogen (secondary N) is 3. The summed E-state index contributed by atoms with van der Waals surface area (Å²) in [7, 11) is 0. The van der Waals surface area contributed by atoms with Crippen LogP contribution < -0.4 is 16.4 Å². The molecule has 2 rings (SSSR count). The molecular weight excluding hydrogens is 290 g/mol. The van der Waals surface area contributed by atoms with E-state index in [1.54, 1.807) is 36.7 Å². The van der Waals surface area contributed by atoms with Gasteiger partial charge in [-0.2, -0.15) is 0 Å². The van der Waals surface area contributed by atoms with E-state index in [-0.39, 0.29) is 24.3 Å². The van der Waals surface area contributed by atoms with Crippen LogP contribution in [0, 0.1) is 5.41 Å². The van der Waals surface area contributed by atoms with Crippen molar-refractivity contribution in [3.63, 3.8) is 0 Å². The highest BCUT2D eigenvalue weighted by Crippen LogP contribution is 2.14. The van der Waals surface area contributed by atoms with Crippen LogP contribution in [0.5, 0.6) is 0 Å². The number of nitrogen functional groups attached to an aromatic ring is 1. The molecule has 1 heterocycles. The molecule has 2 aromatic rings. The molecule has 1 amide bonds. The first-order valence-electron chi connectivity index (χ1n) is 7.47. The summed E-state index contributed by atoms with van der Waals surface area (Å²) in [6, 6.07) is 10.8. The standard InChI is InChI=1S/C17H21N5O/c1-2-15(13-4-3-9-20-10-13)22-16(23)11-21-14-7-5-12(6-8-14)17(18)19/h3-10,15,21H,2,11H2,1H3,(H3,18,19)(H,22,23). The third-order valence-corrected chi connectivity index (χ3v) is 3.48. The van der Waals surface area contributed by atoms with Crippen molar-refractivity contribution in [2.45, 2.75) is 19.4 Å². The van der Waals surface area contributed by atoms with Gasteiger partial charge in [-0.1, -0.05) is 13.0 Å². The Kier molecular flexibility index (Phi) is 5.68. The van der Waals surface area contributed by atoms with E-state index in [0.717, 1.165) is 17.7 Å². The van der Waals surface area contributed by atoms with Gasteiger partial charge in [0.2, 0.25) is 5.91 Å². The summed E-state index contributed by atoms with van der Waals surface area (Å²) in [5.41, 5.74) is 7.86. The molecule has 23 heavy (non-hydrogen) atoms. The van der Waals surface area contributed by atoms with Gasteiger partial charge in [-0.15, -0.1) is 0 Å². The molecule has 1 aromatic carbocycles. The summed E-state index contributed by atoms with van der Waals surface area (Å²) < 4.78 is 0. The second-order valence-corrected chi connectivity index (χ2v) is 5.16. The molecule has 120 valence electrons. The van der Waals surface area contributed by atoms with Crippen LogP contribution in [-0.2, 0) is 4.79 Å². The Morgan fingerprint density at radius 1 is 1.30 bits per heavy atom. The molecule has 1 unspecified atom stereocenters. The molecular formula is C17H21N5O. The van der Waals surface area contributed by atoms with Gasteiger partial charge in [0, 0.05) is 23.6 Å². The van der Waals surface area contributed by atoms with E-state index in [9.17, 15) is 4.79 Å². The van der Waals surface area contributed by atoms with Crippen molar-refractivity contribution in [3.05, 3.63) is 59.9 Å². The maximum Gasteiger partial charge on any atom is 0.239 e. The summed E-state index contributed by atoms with van der Waals surface area (Å²) in [5.74, 6) is -0.0621. The van der Waals surface area contributed by atoms with Crippen LogP contribution >= 0.6 is 0 Å². The fourth-order valence-corrected chi connectivity index (χ4v) is 2.20. The average Bonchev–Trinajstić information content (AvgIpc) is 2.59. The lowest BCUT2D eigenvalue weighted by Crippen LogP contribution is -2.33. The number of nitrogens with zero attached hydrogens (tertiary/aromatic N) is 1. The number of carbonyl (C=O) groups excluding carboxylic acids is 1. The number of anilines is 1. The Morgan fingerprint density at radius 3 is 2.61 bits per heavy atom. The first-order valence-corrected chi connectivity index (χ1v) is 7.47. The van der Waals surface area contributed by atoms with Crippen molar-refractivity contribution in [2.24, 2.45) is 5.73 Å². The van der Waals surface area contributed by atoms with Gasteiger partial charge in [-0.3, -0.25) is 15.2 Å². The molecule has 6 nitrogen and oxygen atoms in total. The van der Waals surface area contributed by atoms with Gasteiger partial charge in [-0.25, -0.2) is 0 Å². The van der Waals surface area contributed by atoms with E-state index in [1.807, 2.05) is 19.1 Å². The molecule has 0 aliphatic heterocycles. The molecule has 0 saturated heterocycles. The van der Waals surface area contributed by atoms with Gasteiger partial charge < -0.3 is 16.4 Å². The van der Waals surface area contributed by atoms with Crippen molar-refractivity contribution in [1.29, 1.82) is 5.41 Å². The molecule has 0 fully saturated rings. The maximum absolute atomic E-state index is 12.1. The molecule has 0 radical (unpaired) electrons. The fourth-order valence-electron chi connectivity index (χ4n) is 2.20. The van der Waals surface area contributed by atoms with Crippen molar-refractivity contribution < 1.29 is 4.79 Å². The van der Waals surface area contributed by atoms with Crippen molar-refractivity contribution in [1.82, 2.24) is 10.3 Å². The van der Waals surface area contributed by atoms with E-state index in [1.165, 1.54) is 0 Å². The zero-order valence-electron chi connectivity index (χ0n) is 13.0. The number of carbonyl (C=O) groups is 1. The molecule has 0 bridgehead atoms. The monoisotopic (exact) mass is 311 g/mol. The van der Waals surface area contributed by atoms with E-state index < -0.39 is 0 Å². The van der Waals surface area contributed by atoms with Gasteiger partial charge >= 0.3 is 0 Å². The number of nitrogens with two attached hydrogens (primary N) is 1. The lowest BCUT2D eigenvalue weighted by molar-refractivity contribution is -0.120. The topological polar surface area (TPSA) is 104 Å². The normalized spacial score (nSPS) is 11.5. The molecule has 1 aromatic heterocycles. The molecule has 1 atom stereocenters. The molecule has 6 heteroatoms. The third kappa shape index (κ3) is 4.81. The number of hydrogen-bond acceptors (Lipinski definition) is 4. The molecule has 0 aliphatic carbocycles. The first-order chi connectivity index (χ1) is 11.1. The smallest absolute Gasteiger partial charge is 0.239 e. The van der Waals surface area contributed by atoms with Crippen LogP contribution in [0.1, 0.15) is 30.5 Å². The SMILES string of the molecule is CCC(NC(=O)CNc1ccc(C(=N)N)cc1)c1cccnc1. The molecule has 0 aliphatic rings. The molecule has 5 N–H and O–H groups in total. The van der Waals surface area contributed by atoms with Crippen LogP contribution in [0.25, 0.3) is 0 Å². The highest BCUT2D eigenvalue weighted by atomic mass is 16.1. The number of benzene rings is 1. The van der Waals surface area contributed by atoms with Crippen molar-refractivity contribution >= 4 is 17.4 Å². The second kappa shape index (κ2) is 7.93. The van der Waals surface area contributed by atoms with E-state index in [4.69, 9.17) is 11.1 Å². The zero-order chi connectivity index (χ0) is 16.7. The number of amides is 1. The number of rotatable bonds is 7. The van der Waals surface area contributed by atoms with E-state index >= 15 is 0 Å². The Balaban J connectivity index is 1.88. The second-order valence-electron chi connectivity index (χ2n) is 5.16. The van der Waals surface area contributed by atoms with Crippen molar-refractivity contribution in [2.75, 3.05) is 11.9 Å². The summed E-state index contributed by atoms with van der Waals surface area (Å²) in [6.07, 6.45) is 4.28. The third-order valence-electron chi connectivity index (χ3n) is 3.48. The minimum atomic E-state index is -0.0867. The van der Waals surface area contributed by atoms with Gasteiger partial charge in [-0.05, 0) is 42.3 Å². The lowest BCUT2D eigenvalue weighted by atomic mass is 10.1. The Bertz CT molecular complexity index is 654. The number of amidine groups is 1. The minimum Gasteiger partial charge on any atom is -0.384 e. The largest absolute Gasteiger partial charge is 0.384 e. The van der Waals surface area contributed by atoms with Crippen molar-refractivity contribution in [3.8, 4) is 0 Å². The summed E-state index contributed by atoms with van der Waals surface area (Å²) in [5, 5.41) is 13.4. The summed E-state index contributed by atoms with van der Waals surface area (Å²) >= 11 is 0. The quantitative estimate of drug-likeness (QED) is 0.464. The number of aromatic nitrogens is 1. The van der Waals surface area contributed by atoms with Crippen LogP contribution in [0.4, 0.5) is 5.69 Å². The van der Waals surface area contributed by atoms with Crippen LogP contribution in [0.2, 0.25) is 0 Å². The van der Waals surface area contributed by atoms with Crippen LogP contribution in [0.3, 0.4) is 0 Å². The zero-order valence-corrected chi connectivity index (χ0v) is 13.0. The highest BCUT2D eigenvalue weighted by molar-refractivity contribution is 5.95. The van der Waals surface area contributed by atoms with Crippen LogP contribution in [-0.4, -0.2) is 23.3 Å².